The van der Waals surface area contributed by atoms with Crippen LogP contribution in [0.4, 0.5) is 23.2 Å². The number of carbonyl (C=O) groups is 3. The van der Waals surface area contributed by atoms with Crippen molar-refractivity contribution >= 4 is 23.4 Å². The smallest absolute Gasteiger partial charge is 0.339 e. The number of rotatable bonds is 11. The molecule has 1 aliphatic heterocycles. The maximum atomic E-state index is 15.6. The van der Waals surface area contributed by atoms with Gasteiger partial charge in [0, 0.05) is 25.3 Å². The van der Waals surface area contributed by atoms with Crippen molar-refractivity contribution in [2.24, 2.45) is 17.8 Å². The van der Waals surface area contributed by atoms with Crippen LogP contribution in [-0.4, -0.2) is 58.3 Å². The summed E-state index contributed by atoms with van der Waals surface area (Å²) < 4.78 is 58.0. The third-order valence-corrected chi connectivity index (χ3v) is 10.6. The Morgan fingerprint density at radius 1 is 0.917 bits per heavy atom. The summed E-state index contributed by atoms with van der Waals surface area (Å²) in [5, 5.41) is 14.7. The Labute approximate surface area is 279 Å². The number of amides is 3. The van der Waals surface area contributed by atoms with Crippen molar-refractivity contribution in [3.63, 3.8) is 0 Å². The summed E-state index contributed by atoms with van der Waals surface area (Å²) in [6.07, 6.45) is 7.22. The van der Waals surface area contributed by atoms with Crippen molar-refractivity contribution in [2.75, 3.05) is 18.4 Å². The van der Waals surface area contributed by atoms with Crippen LogP contribution in [0, 0.1) is 23.6 Å². The van der Waals surface area contributed by atoms with Gasteiger partial charge in [0.25, 0.3) is 5.91 Å². The van der Waals surface area contributed by atoms with E-state index in [-0.39, 0.29) is 35.0 Å². The molecule has 2 heterocycles. The van der Waals surface area contributed by atoms with Gasteiger partial charge in [-0.05, 0) is 62.3 Å². The monoisotopic (exact) mass is 676 g/mol. The minimum atomic E-state index is -4.64. The summed E-state index contributed by atoms with van der Waals surface area (Å²) in [6, 6.07) is 4.41. The summed E-state index contributed by atoms with van der Waals surface area (Å²) in [6.45, 7) is 4.36. The number of hydrogen-bond acceptors (Lipinski definition) is 5. The number of nitrogens with zero attached hydrogens (tertiary/aromatic N) is 2. The second kappa shape index (κ2) is 15.0. The summed E-state index contributed by atoms with van der Waals surface area (Å²) in [5.41, 5.74) is -1.99. The number of anilines is 1. The van der Waals surface area contributed by atoms with E-state index in [9.17, 15) is 27.6 Å². The molecule has 48 heavy (non-hydrogen) atoms. The molecule has 1 saturated heterocycles. The number of alkyl halides is 3. The van der Waals surface area contributed by atoms with Gasteiger partial charge in [-0.3, -0.25) is 19.1 Å². The number of aromatic nitrogens is 2. The van der Waals surface area contributed by atoms with Gasteiger partial charge < -0.3 is 21.3 Å². The Balaban J connectivity index is 1.39. The lowest BCUT2D eigenvalue weighted by Gasteiger charge is -2.44. The molecule has 5 rings (SSSR count). The van der Waals surface area contributed by atoms with Crippen molar-refractivity contribution < 1.29 is 31.9 Å². The maximum Gasteiger partial charge on any atom is 0.414 e. The molecule has 0 radical (unpaired) electrons. The lowest BCUT2D eigenvalue weighted by Crippen LogP contribution is -2.76. The normalized spacial score (nSPS) is 20.2. The van der Waals surface area contributed by atoms with E-state index >= 15 is 4.39 Å². The molecule has 2 unspecified atom stereocenters. The molecule has 2 aromatic rings. The molecule has 4 N–H and O–H groups in total. The summed E-state index contributed by atoms with van der Waals surface area (Å²) in [7, 11) is 0. The first-order valence-corrected chi connectivity index (χ1v) is 17.4. The van der Waals surface area contributed by atoms with Crippen LogP contribution >= 0.6 is 0 Å². The van der Waals surface area contributed by atoms with Crippen LogP contribution in [0.3, 0.4) is 0 Å². The fourth-order valence-corrected chi connectivity index (χ4v) is 7.77. The third-order valence-electron chi connectivity index (χ3n) is 10.6. The van der Waals surface area contributed by atoms with E-state index in [2.05, 4.69) is 26.4 Å². The fraction of sp³-hybridized carbons (Fsp3) is 0.657. The van der Waals surface area contributed by atoms with Gasteiger partial charge in [-0.2, -0.15) is 18.3 Å². The summed E-state index contributed by atoms with van der Waals surface area (Å²) in [5.74, 6) is -3.42. The van der Waals surface area contributed by atoms with Crippen LogP contribution in [-0.2, 0) is 9.59 Å². The van der Waals surface area contributed by atoms with E-state index in [1.165, 1.54) is 19.1 Å². The molecule has 1 aromatic carbocycles. The van der Waals surface area contributed by atoms with Gasteiger partial charge in [-0.1, -0.05) is 70.3 Å². The minimum absolute atomic E-state index is 0.0815. The Morgan fingerprint density at radius 2 is 1.52 bits per heavy atom. The van der Waals surface area contributed by atoms with E-state index in [1.54, 1.807) is 16.9 Å². The minimum Gasteiger partial charge on any atom is -0.339 e. The van der Waals surface area contributed by atoms with E-state index in [0.717, 1.165) is 70.3 Å². The van der Waals surface area contributed by atoms with Crippen molar-refractivity contribution in [1.82, 2.24) is 25.7 Å². The molecule has 2 saturated carbocycles. The number of benzene rings is 1. The lowest BCUT2D eigenvalue weighted by molar-refractivity contribution is -0.211. The molecule has 9 nitrogen and oxygen atoms in total. The molecular formula is C35H48F4N6O3. The van der Waals surface area contributed by atoms with Crippen molar-refractivity contribution in [1.29, 1.82) is 0 Å². The molecular weight excluding hydrogens is 628 g/mol. The number of hydrogen-bond donors (Lipinski definition) is 4. The van der Waals surface area contributed by atoms with Crippen LogP contribution in [0.25, 0.3) is 0 Å². The molecule has 264 valence electrons. The molecule has 3 fully saturated rings. The average molecular weight is 677 g/mol. The highest BCUT2D eigenvalue weighted by atomic mass is 19.4. The van der Waals surface area contributed by atoms with Crippen molar-refractivity contribution in [3.05, 3.63) is 47.5 Å². The Morgan fingerprint density at radius 3 is 2.02 bits per heavy atom. The Bertz CT molecular complexity index is 1430. The van der Waals surface area contributed by atoms with Gasteiger partial charge >= 0.3 is 6.18 Å². The van der Waals surface area contributed by atoms with Crippen LogP contribution in [0.1, 0.15) is 113 Å². The average Bonchev–Trinajstić information content (AvgIpc) is 3.54. The molecule has 3 aliphatic rings. The van der Waals surface area contributed by atoms with Crippen molar-refractivity contribution in [3.8, 4) is 0 Å². The van der Waals surface area contributed by atoms with Gasteiger partial charge in [0.1, 0.15) is 17.6 Å². The zero-order valence-electron chi connectivity index (χ0n) is 28.0. The van der Waals surface area contributed by atoms with E-state index in [4.69, 9.17) is 0 Å². The zero-order chi connectivity index (χ0) is 34.6. The second-order valence-electron chi connectivity index (χ2n) is 14.2. The van der Waals surface area contributed by atoms with Crippen molar-refractivity contribution in [2.45, 2.75) is 115 Å². The molecule has 0 spiro atoms. The molecule has 2 aliphatic carbocycles. The predicted molar refractivity (Wildman–Crippen MR) is 174 cm³/mol. The van der Waals surface area contributed by atoms with E-state index in [1.807, 2.05) is 13.8 Å². The van der Waals surface area contributed by atoms with E-state index < -0.39 is 60.3 Å². The fourth-order valence-electron chi connectivity index (χ4n) is 7.77. The van der Waals surface area contributed by atoms with Crippen LogP contribution in [0.5, 0.6) is 0 Å². The number of nitrogens with one attached hydrogen (secondary N) is 4. The SMILES string of the molecule is CC(C(=O)NC1(C(F)(F)F)CNC1)c1ccc(NC(=O)C(NC(=O)c2ccnn2C(C)C)C(C2CCCCC2)C2CCCCC2)c(F)c1. The zero-order valence-corrected chi connectivity index (χ0v) is 28.0. The van der Waals surface area contributed by atoms with Gasteiger partial charge in [-0.15, -0.1) is 0 Å². The van der Waals surface area contributed by atoms with Gasteiger partial charge in [0.2, 0.25) is 11.8 Å². The van der Waals surface area contributed by atoms with Crippen LogP contribution in [0.2, 0.25) is 0 Å². The Hall–Kier alpha value is -3.48. The van der Waals surface area contributed by atoms with Gasteiger partial charge in [0.05, 0.1) is 11.6 Å². The van der Waals surface area contributed by atoms with Gasteiger partial charge in [0.15, 0.2) is 5.54 Å². The first-order valence-electron chi connectivity index (χ1n) is 17.4. The standard InChI is InChI=1S/C35H48F4N6O3/c1-21(2)45-28(16-17-41-45)32(47)43-30(29(23-10-6-4-7-11-23)24-12-8-5-9-13-24)33(48)42-27-15-14-25(18-26(27)36)22(3)31(46)44-34(19-40-20-34)35(37,38)39/h14-18,21-24,29-30,40H,4-13,19-20H2,1-3H3,(H,42,48)(H,43,47)(H,44,46). The second-order valence-corrected chi connectivity index (χ2v) is 14.2. The van der Waals surface area contributed by atoms with E-state index in [0.29, 0.717) is 5.69 Å². The highest BCUT2D eigenvalue weighted by Crippen LogP contribution is 2.42. The molecule has 13 heteroatoms. The molecule has 1 aromatic heterocycles. The predicted octanol–water partition coefficient (Wildman–Crippen LogP) is 6.24. The van der Waals surface area contributed by atoms with Crippen LogP contribution < -0.4 is 21.3 Å². The largest absolute Gasteiger partial charge is 0.414 e. The maximum absolute atomic E-state index is 15.6. The first-order chi connectivity index (χ1) is 22.8. The highest BCUT2D eigenvalue weighted by Gasteiger charge is 2.60. The summed E-state index contributed by atoms with van der Waals surface area (Å²) in [4.78, 5) is 40.8. The number of halogens is 4. The first kappa shape index (κ1) is 35.8. The molecule has 3 amide bonds. The lowest BCUT2D eigenvalue weighted by atomic mass is 9.66. The number of carbonyl (C=O) groups excluding carboxylic acids is 3. The summed E-state index contributed by atoms with van der Waals surface area (Å²) >= 11 is 0. The topological polar surface area (TPSA) is 117 Å². The Kier molecular flexibility index (Phi) is 11.2. The third kappa shape index (κ3) is 7.71. The molecule has 2 atom stereocenters. The van der Waals surface area contributed by atoms with Crippen LogP contribution in [0.15, 0.2) is 30.5 Å². The van der Waals surface area contributed by atoms with Gasteiger partial charge in [-0.25, -0.2) is 4.39 Å². The quantitative estimate of drug-likeness (QED) is 0.210. The highest BCUT2D eigenvalue weighted by molar-refractivity contribution is 6.01. The molecule has 0 bridgehead atoms.